The monoisotopic (exact) mass is 467 g/mol. The summed E-state index contributed by atoms with van der Waals surface area (Å²) in [6.45, 7) is 1.73. The minimum Gasteiger partial charge on any atom is -0.322 e. The summed E-state index contributed by atoms with van der Waals surface area (Å²) in [5.41, 5.74) is 1.66. The van der Waals surface area contributed by atoms with Crippen molar-refractivity contribution < 1.29 is 9.18 Å². The van der Waals surface area contributed by atoms with Gasteiger partial charge in [0, 0.05) is 14.8 Å². The van der Waals surface area contributed by atoms with Gasteiger partial charge in [0.05, 0.1) is 9.50 Å². The number of nitrogens with one attached hydrogen (secondary N) is 1. The Morgan fingerprint density at radius 3 is 2.70 bits per heavy atom. The molecule has 2 aromatic rings. The highest BCUT2D eigenvalue weighted by Crippen LogP contribution is 2.25. The van der Waals surface area contributed by atoms with Crippen LogP contribution < -0.4 is 5.32 Å². The van der Waals surface area contributed by atoms with Crippen LogP contribution in [0.15, 0.2) is 34.8 Å². The summed E-state index contributed by atoms with van der Waals surface area (Å²) >= 11 is 11.2. The Kier molecular flexibility index (Phi) is 5.04. The van der Waals surface area contributed by atoms with Crippen molar-refractivity contribution >= 4 is 61.7 Å². The van der Waals surface area contributed by atoms with Crippen molar-refractivity contribution in [2.75, 3.05) is 5.32 Å². The first-order valence-electron chi connectivity index (χ1n) is 5.60. The highest BCUT2D eigenvalue weighted by Gasteiger charge is 2.11. The second-order valence-corrected chi connectivity index (χ2v) is 6.59. The predicted octanol–water partition coefficient (Wildman–Crippen LogP) is 5.41. The van der Waals surface area contributed by atoms with Gasteiger partial charge in [-0.25, -0.2) is 4.39 Å². The number of rotatable bonds is 2. The Hall–Kier alpha value is -0.660. The molecule has 2 nitrogen and oxygen atoms in total. The molecule has 1 amide bonds. The first-order valence-corrected chi connectivity index (χ1v) is 7.85. The fraction of sp³-hybridized carbons (Fsp3) is 0.0714. The number of carbonyl (C=O) groups excluding carboxylic acids is 1. The summed E-state index contributed by atoms with van der Waals surface area (Å²) in [4.78, 5) is 12.1. The lowest BCUT2D eigenvalue weighted by Gasteiger charge is -2.10. The fourth-order valence-electron chi connectivity index (χ4n) is 1.61. The summed E-state index contributed by atoms with van der Waals surface area (Å²) < 4.78 is 14.5. The van der Waals surface area contributed by atoms with E-state index in [1.807, 2.05) is 0 Å². The third-order valence-electron chi connectivity index (χ3n) is 2.70. The normalized spacial score (nSPS) is 10.4. The van der Waals surface area contributed by atoms with Crippen LogP contribution in [0, 0.1) is 16.3 Å². The van der Waals surface area contributed by atoms with Gasteiger partial charge in [0.2, 0.25) is 0 Å². The Morgan fingerprint density at radius 2 is 2.05 bits per heavy atom. The van der Waals surface area contributed by atoms with E-state index in [0.717, 1.165) is 3.57 Å². The third-order valence-corrected chi connectivity index (χ3v) is 4.88. The lowest BCUT2D eigenvalue weighted by Crippen LogP contribution is -2.13. The van der Waals surface area contributed by atoms with Crippen molar-refractivity contribution in [1.29, 1.82) is 0 Å². The van der Waals surface area contributed by atoms with Crippen LogP contribution in [0.2, 0.25) is 5.02 Å². The van der Waals surface area contributed by atoms with Crippen molar-refractivity contribution in [1.82, 2.24) is 0 Å². The fourth-order valence-corrected chi connectivity index (χ4v) is 2.47. The number of hydrogen-bond donors (Lipinski definition) is 1. The molecular formula is C14H9BrClFINO. The number of halogens is 4. The molecule has 20 heavy (non-hydrogen) atoms. The van der Waals surface area contributed by atoms with Gasteiger partial charge in [-0.2, -0.15) is 0 Å². The van der Waals surface area contributed by atoms with Gasteiger partial charge in [0.1, 0.15) is 5.82 Å². The molecule has 0 aliphatic carbocycles. The highest BCUT2D eigenvalue weighted by molar-refractivity contribution is 14.1. The van der Waals surface area contributed by atoms with Crippen LogP contribution in [-0.2, 0) is 0 Å². The van der Waals surface area contributed by atoms with E-state index >= 15 is 0 Å². The molecule has 0 aromatic heterocycles. The van der Waals surface area contributed by atoms with E-state index in [0.29, 0.717) is 26.3 Å². The molecule has 0 saturated heterocycles. The Bertz CT molecular complexity index is 693. The van der Waals surface area contributed by atoms with Gasteiger partial charge in [-0.05, 0) is 81.3 Å². The van der Waals surface area contributed by atoms with Crippen molar-refractivity contribution in [3.63, 3.8) is 0 Å². The van der Waals surface area contributed by atoms with Gasteiger partial charge >= 0.3 is 0 Å². The van der Waals surface area contributed by atoms with Crippen LogP contribution in [0.3, 0.4) is 0 Å². The van der Waals surface area contributed by atoms with Gasteiger partial charge in [-0.3, -0.25) is 4.79 Å². The predicted molar refractivity (Wildman–Crippen MR) is 91.0 cm³/mol. The minimum atomic E-state index is -0.363. The number of benzene rings is 2. The standard InChI is InChI=1S/C14H9BrClFINO/c1-7-4-11(17)9(15)6-13(7)19-14(20)8-2-3-12(18)10(16)5-8/h2-6H,1H3,(H,19,20). The number of amides is 1. The summed E-state index contributed by atoms with van der Waals surface area (Å²) in [5.74, 6) is -0.650. The maximum atomic E-state index is 13.3. The van der Waals surface area contributed by atoms with Crippen LogP contribution in [0.1, 0.15) is 15.9 Å². The van der Waals surface area contributed by atoms with Gasteiger partial charge in [-0.1, -0.05) is 11.6 Å². The van der Waals surface area contributed by atoms with E-state index in [1.54, 1.807) is 25.1 Å². The summed E-state index contributed by atoms with van der Waals surface area (Å²) in [7, 11) is 0. The SMILES string of the molecule is Cc1cc(F)c(Br)cc1NC(=O)c1ccc(I)c(Cl)c1. The number of carbonyl (C=O) groups is 1. The molecule has 0 aliphatic rings. The molecule has 6 heteroatoms. The van der Waals surface area contributed by atoms with Gasteiger partial charge < -0.3 is 5.32 Å². The van der Waals surface area contributed by atoms with Crippen molar-refractivity contribution in [2.45, 2.75) is 6.92 Å². The average Bonchev–Trinajstić information content (AvgIpc) is 2.39. The second kappa shape index (κ2) is 6.41. The Morgan fingerprint density at radius 1 is 1.35 bits per heavy atom. The van der Waals surface area contributed by atoms with Gasteiger partial charge in [0.15, 0.2) is 0 Å². The molecule has 0 bridgehead atoms. The zero-order valence-electron chi connectivity index (χ0n) is 10.3. The zero-order chi connectivity index (χ0) is 14.9. The van der Waals surface area contributed by atoms with E-state index in [2.05, 4.69) is 43.8 Å². The summed E-state index contributed by atoms with van der Waals surface area (Å²) in [5, 5.41) is 3.27. The molecule has 0 atom stereocenters. The Balaban J connectivity index is 2.27. The molecule has 104 valence electrons. The maximum absolute atomic E-state index is 13.3. The van der Waals surface area contributed by atoms with Crippen LogP contribution in [0.5, 0.6) is 0 Å². The third kappa shape index (κ3) is 3.51. The lowest BCUT2D eigenvalue weighted by molar-refractivity contribution is 0.102. The molecular weight excluding hydrogens is 459 g/mol. The number of aryl methyl sites for hydroxylation is 1. The Labute approximate surface area is 143 Å². The van der Waals surface area contributed by atoms with Crippen LogP contribution in [-0.4, -0.2) is 5.91 Å². The number of hydrogen-bond acceptors (Lipinski definition) is 1. The molecule has 0 unspecified atom stereocenters. The van der Waals surface area contributed by atoms with E-state index in [1.165, 1.54) is 12.1 Å². The highest BCUT2D eigenvalue weighted by atomic mass is 127. The van der Waals surface area contributed by atoms with Crippen LogP contribution in [0.4, 0.5) is 10.1 Å². The molecule has 0 fully saturated rings. The summed E-state index contributed by atoms with van der Waals surface area (Å²) in [6.07, 6.45) is 0. The minimum absolute atomic E-state index is 0.287. The molecule has 0 aliphatic heterocycles. The maximum Gasteiger partial charge on any atom is 0.255 e. The van der Waals surface area contributed by atoms with Crippen molar-refractivity contribution in [3.05, 3.63) is 60.3 Å². The average molecular weight is 468 g/mol. The molecule has 0 radical (unpaired) electrons. The second-order valence-electron chi connectivity index (χ2n) is 4.16. The molecule has 2 aromatic carbocycles. The molecule has 0 heterocycles. The first kappa shape index (κ1) is 15.7. The van der Waals surface area contributed by atoms with E-state index in [4.69, 9.17) is 11.6 Å². The van der Waals surface area contributed by atoms with E-state index in [9.17, 15) is 9.18 Å². The molecule has 1 N–H and O–H groups in total. The molecule has 0 spiro atoms. The van der Waals surface area contributed by atoms with Gasteiger partial charge in [-0.15, -0.1) is 0 Å². The smallest absolute Gasteiger partial charge is 0.255 e. The zero-order valence-corrected chi connectivity index (χ0v) is 14.8. The van der Waals surface area contributed by atoms with E-state index in [-0.39, 0.29) is 11.7 Å². The first-order chi connectivity index (χ1) is 9.38. The number of anilines is 1. The largest absolute Gasteiger partial charge is 0.322 e. The van der Waals surface area contributed by atoms with Crippen molar-refractivity contribution in [2.24, 2.45) is 0 Å². The molecule has 2 rings (SSSR count). The topological polar surface area (TPSA) is 29.1 Å². The van der Waals surface area contributed by atoms with E-state index < -0.39 is 0 Å². The quantitative estimate of drug-likeness (QED) is 0.587. The van der Waals surface area contributed by atoms with Gasteiger partial charge in [0.25, 0.3) is 5.91 Å². The lowest BCUT2D eigenvalue weighted by atomic mass is 10.1. The molecule has 0 saturated carbocycles. The van der Waals surface area contributed by atoms with Crippen LogP contribution >= 0.6 is 50.1 Å². The van der Waals surface area contributed by atoms with Crippen molar-refractivity contribution in [3.8, 4) is 0 Å². The van der Waals surface area contributed by atoms with Crippen LogP contribution in [0.25, 0.3) is 0 Å². The summed E-state index contributed by atoms with van der Waals surface area (Å²) in [6, 6.07) is 7.96.